The van der Waals surface area contributed by atoms with Crippen LogP contribution in [0.4, 0.5) is 0 Å². The first-order valence-electron chi connectivity index (χ1n) is 7.81. The number of carbonyl (C=O) groups is 1. The van der Waals surface area contributed by atoms with Crippen LogP contribution >= 0.6 is 12.4 Å². The van der Waals surface area contributed by atoms with Crippen molar-refractivity contribution in [2.75, 3.05) is 26.2 Å². The molecule has 3 aliphatic rings. The Labute approximate surface area is 132 Å². The van der Waals surface area contributed by atoms with Gasteiger partial charge in [-0.25, -0.2) is 0 Å². The van der Waals surface area contributed by atoms with Crippen LogP contribution in [-0.2, 0) is 11.2 Å². The first-order chi connectivity index (χ1) is 9.77. The zero-order chi connectivity index (χ0) is 13.6. The van der Waals surface area contributed by atoms with Crippen molar-refractivity contribution in [2.24, 2.45) is 17.3 Å². The predicted molar refractivity (Wildman–Crippen MR) is 85.5 cm³/mol. The molecule has 3 nitrogen and oxygen atoms in total. The van der Waals surface area contributed by atoms with Crippen LogP contribution in [0.15, 0.2) is 30.3 Å². The van der Waals surface area contributed by atoms with Crippen molar-refractivity contribution in [1.82, 2.24) is 10.2 Å². The van der Waals surface area contributed by atoms with Crippen molar-refractivity contribution in [2.45, 2.75) is 19.3 Å². The van der Waals surface area contributed by atoms with Crippen LogP contribution in [0.25, 0.3) is 0 Å². The van der Waals surface area contributed by atoms with E-state index in [1.807, 2.05) is 6.07 Å². The molecule has 2 heterocycles. The van der Waals surface area contributed by atoms with Crippen LogP contribution in [0.1, 0.15) is 18.4 Å². The molecule has 0 aromatic heterocycles. The Balaban J connectivity index is 0.00000132. The molecule has 0 bridgehead atoms. The third-order valence-corrected chi connectivity index (χ3v) is 5.37. The van der Waals surface area contributed by atoms with Gasteiger partial charge in [0.1, 0.15) is 0 Å². The summed E-state index contributed by atoms with van der Waals surface area (Å²) in [7, 11) is 0. The largest absolute Gasteiger partial charge is 0.342 e. The van der Waals surface area contributed by atoms with Gasteiger partial charge < -0.3 is 10.2 Å². The van der Waals surface area contributed by atoms with E-state index in [0.717, 1.165) is 45.4 Å². The Hall–Kier alpha value is -1.06. The fraction of sp³-hybridized carbons (Fsp3) is 0.588. The summed E-state index contributed by atoms with van der Waals surface area (Å²) in [6.07, 6.45) is 3.08. The second-order valence-electron chi connectivity index (χ2n) is 6.83. The maximum absolute atomic E-state index is 12.9. The smallest absolute Gasteiger partial charge is 0.229 e. The molecule has 1 aromatic rings. The summed E-state index contributed by atoms with van der Waals surface area (Å²) in [5, 5.41) is 3.44. The minimum atomic E-state index is -0.0621. The van der Waals surface area contributed by atoms with E-state index < -0.39 is 0 Å². The first kappa shape index (κ1) is 14.9. The van der Waals surface area contributed by atoms with Crippen molar-refractivity contribution in [3.63, 3.8) is 0 Å². The Morgan fingerprint density at radius 3 is 2.33 bits per heavy atom. The van der Waals surface area contributed by atoms with Gasteiger partial charge in [0.25, 0.3) is 0 Å². The first-order valence-corrected chi connectivity index (χ1v) is 7.81. The SMILES string of the molecule is Cl.O=C(N1C[C@H]2CNC[C@H]2C1)C1(Cc2ccccc2)CC1. The molecule has 4 heteroatoms. The summed E-state index contributed by atoms with van der Waals surface area (Å²) < 4.78 is 0. The molecule has 21 heavy (non-hydrogen) atoms. The van der Waals surface area contributed by atoms with Gasteiger partial charge in [-0.15, -0.1) is 12.4 Å². The molecule has 2 aliphatic heterocycles. The number of benzene rings is 1. The number of fused-ring (bicyclic) bond motifs is 1. The summed E-state index contributed by atoms with van der Waals surface area (Å²) in [4.78, 5) is 15.0. The number of halogens is 1. The fourth-order valence-electron chi connectivity index (χ4n) is 3.96. The lowest BCUT2D eigenvalue weighted by Crippen LogP contribution is -2.38. The van der Waals surface area contributed by atoms with Crippen LogP contribution in [-0.4, -0.2) is 37.0 Å². The number of nitrogens with one attached hydrogen (secondary N) is 1. The van der Waals surface area contributed by atoms with E-state index >= 15 is 0 Å². The van der Waals surface area contributed by atoms with Gasteiger partial charge in [-0.2, -0.15) is 0 Å². The van der Waals surface area contributed by atoms with Crippen LogP contribution in [0.2, 0.25) is 0 Å². The lowest BCUT2D eigenvalue weighted by Gasteiger charge is -2.24. The van der Waals surface area contributed by atoms with Crippen LogP contribution < -0.4 is 5.32 Å². The topological polar surface area (TPSA) is 32.3 Å². The highest BCUT2D eigenvalue weighted by Crippen LogP contribution is 2.50. The standard InChI is InChI=1S/C17H22N2O.ClH/c20-16(19-11-14-9-18-10-15(14)12-19)17(6-7-17)8-13-4-2-1-3-5-13;/h1-5,14-15,18H,6-12H2;1H/t14-,15+;. The number of rotatable bonds is 3. The fourth-order valence-corrected chi connectivity index (χ4v) is 3.96. The van der Waals surface area contributed by atoms with Crippen molar-refractivity contribution < 1.29 is 4.79 Å². The minimum Gasteiger partial charge on any atom is -0.342 e. The van der Waals surface area contributed by atoms with E-state index in [1.54, 1.807) is 0 Å². The Morgan fingerprint density at radius 1 is 1.14 bits per heavy atom. The molecule has 4 rings (SSSR count). The molecule has 2 atom stereocenters. The van der Waals surface area contributed by atoms with E-state index in [-0.39, 0.29) is 17.8 Å². The predicted octanol–water partition coefficient (Wildman–Crippen LogP) is 2.11. The van der Waals surface area contributed by atoms with E-state index in [1.165, 1.54) is 5.56 Å². The number of hydrogen-bond acceptors (Lipinski definition) is 2. The summed E-state index contributed by atoms with van der Waals surface area (Å²) in [5.41, 5.74) is 1.24. The van der Waals surface area contributed by atoms with E-state index in [0.29, 0.717) is 17.7 Å². The lowest BCUT2D eigenvalue weighted by atomic mass is 9.95. The third kappa shape index (κ3) is 2.69. The van der Waals surface area contributed by atoms with Crippen molar-refractivity contribution in [1.29, 1.82) is 0 Å². The summed E-state index contributed by atoms with van der Waals surface area (Å²) in [6, 6.07) is 10.5. The number of carbonyl (C=O) groups excluding carboxylic acids is 1. The summed E-state index contributed by atoms with van der Waals surface area (Å²) in [5.74, 6) is 1.83. The molecule has 0 spiro atoms. The van der Waals surface area contributed by atoms with Gasteiger partial charge in [0.2, 0.25) is 5.91 Å². The normalized spacial score (nSPS) is 28.9. The maximum atomic E-state index is 12.9. The third-order valence-electron chi connectivity index (χ3n) is 5.37. The molecule has 3 fully saturated rings. The molecule has 0 unspecified atom stereocenters. The van der Waals surface area contributed by atoms with Gasteiger partial charge in [0, 0.05) is 26.2 Å². The summed E-state index contributed by atoms with van der Waals surface area (Å²) >= 11 is 0. The van der Waals surface area contributed by atoms with E-state index in [9.17, 15) is 4.79 Å². The van der Waals surface area contributed by atoms with Gasteiger partial charge in [-0.05, 0) is 36.7 Å². The molecular formula is C17H23ClN2O. The molecule has 1 aromatic carbocycles. The number of nitrogens with zero attached hydrogens (tertiary/aromatic N) is 1. The molecule has 1 aliphatic carbocycles. The molecule has 0 radical (unpaired) electrons. The number of hydrogen-bond donors (Lipinski definition) is 1. The summed E-state index contributed by atoms with van der Waals surface area (Å²) in [6.45, 7) is 4.15. The Kier molecular flexibility index (Phi) is 3.98. The van der Waals surface area contributed by atoms with E-state index in [2.05, 4.69) is 34.5 Å². The van der Waals surface area contributed by atoms with Gasteiger partial charge in [-0.3, -0.25) is 4.79 Å². The van der Waals surface area contributed by atoms with Gasteiger partial charge in [0.05, 0.1) is 5.41 Å². The van der Waals surface area contributed by atoms with Crippen molar-refractivity contribution in [3.8, 4) is 0 Å². The second-order valence-corrected chi connectivity index (χ2v) is 6.83. The Bertz CT molecular complexity index is 503. The highest BCUT2D eigenvalue weighted by Gasteiger charge is 2.53. The highest BCUT2D eigenvalue weighted by atomic mass is 35.5. The zero-order valence-electron chi connectivity index (χ0n) is 12.3. The highest BCUT2D eigenvalue weighted by molar-refractivity contribution is 5.86. The Morgan fingerprint density at radius 2 is 1.76 bits per heavy atom. The van der Waals surface area contributed by atoms with Crippen molar-refractivity contribution in [3.05, 3.63) is 35.9 Å². The maximum Gasteiger partial charge on any atom is 0.229 e. The van der Waals surface area contributed by atoms with Crippen molar-refractivity contribution >= 4 is 18.3 Å². The van der Waals surface area contributed by atoms with Gasteiger partial charge >= 0.3 is 0 Å². The quantitative estimate of drug-likeness (QED) is 0.927. The van der Waals surface area contributed by atoms with Crippen LogP contribution in [0.5, 0.6) is 0 Å². The zero-order valence-corrected chi connectivity index (χ0v) is 13.1. The minimum absolute atomic E-state index is 0. The molecule has 1 saturated carbocycles. The molecular weight excluding hydrogens is 284 g/mol. The average molecular weight is 307 g/mol. The monoisotopic (exact) mass is 306 g/mol. The lowest BCUT2D eigenvalue weighted by molar-refractivity contribution is -0.136. The van der Waals surface area contributed by atoms with Gasteiger partial charge in [0.15, 0.2) is 0 Å². The van der Waals surface area contributed by atoms with Crippen LogP contribution in [0, 0.1) is 17.3 Å². The molecule has 1 amide bonds. The molecule has 2 saturated heterocycles. The number of likely N-dealkylation sites (tertiary alicyclic amines) is 1. The van der Waals surface area contributed by atoms with Gasteiger partial charge in [-0.1, -0.05) is 30.3 Å². The van der Waals surface area contributed by atoms with E-state index in [4.69, 9.17) is 0 Å². The average Bonchev–Trinajstić information content (AvgIpc) is 2.93. The second kappa shape index (κ2) is 5.62. The van der Waals surface area contributed by atoms with Crippen LogP contribution in [0.3, 0.4) is 0 Å². The number of amides is 1. The molecule has 114 valence electrons. The molecule has 1 N–H and O–H groups in total.